The Morgan fingerprint density at radius 1 is 1.62 bits per heavy atom. The molecule has 0 aliphatic carbocycles. The van der Waals surface area contributed by atoms with E-state index in [0.29, 0.717) is 6.04 Å². The Morgan fingerprint density at radius 3 is 2.94 bits per heavy atom. The monoisotopic (exact) mass is 266 g/mol. The molecule has 0 radical (unpaired) electrons. The van der Waals surface area contributed by atoms with E-state index in [1.165, 1.54) is 12.8 Å². The Morgan fingerprint density at radius 2 is 2.38 bits per heavy atom. The van der Waals surface area contributed by atoms with Gasteiger partial charge in [-0.25, -0.2) is 0 Å². The Kier molecular flexibility index (Phi) is 9.18. The topological polar surface area (TPSA) is 41.1 Å². The van der Waals surface area contributed by atoms with Crippen molar-refractivity contribution >= 4 is 30.1 Å². The normalized spacial score (nSPS) is 21.2. The lowest BCUT2D eigenvalue weighted by atomic mass is 10.2. The molecule has 96 valence electrons. The highest BCUT2D eigenvalue weighted by atomic mass is 35.5. The van der Waals surface area contributed by atoms with Gasteiger partial charge in [-0.05, 0) is 32.1 Å². The van der Waals surface area contributed by atoms with Crippen LogP contribution >= 0.6 is 24.2 Å². The summed E-state index contributed by atoms with van der Waals surface area (Å²) in [4.78, 5) is 11.7. The lowest BCUT2D eigenvalue weighted by Gasteiger charge is -2.15. The molecule has 0 aromatic carbocycles. The van der Waals surface area contributed by atoms with E-state index in [0.717, 1.165) is 25.3 Å². The number of hydrogen-bond donors (Lipinski definition) is 2. The van der Waals surface area contributed by atoms with Gasteiger partial charge in [0.2, 0.25) is 5.91 Å². The minimum absolute atomic E-state index is 0. The van der Waals surface area contributed by atoms with E-state index < -0.39 is 0 Å². The van der Waals surface area contributed by atoms with Crippen molar-refractivity contribution in [2.24, 2.45) is 0 Å². The Labute approximate surface area is 109 Å². The lowest BCUT2D eigenvalue weighted by Crippen LogP contribution is -2.40. The van der Waals surface area contributed by atoms with Crippen LogP contribution in [0.3, 0.4) is 0 Å². The number of carbonyl (C=O) groups excluding carboxylic acids is 1. The van der Waals surface area contributed by atoms with Crippen LogP contribution in [0.2, 0.25) is 0 Å². The predicted octanol–water partition coefficient (Wildman–Crippen LogP) is 1.81. The molecule has 0 aromatic rings. The van der Waals surface area contributed by atoms with Gasteiger partial charge in [-0.15, -0.1) is 24.2 Å². The molecular weight excluding hydrogens is 244 g/mol. The van der Waals surface area contributed by atoms with Crippen molar-refractivity contribution in [3.05, 3.63) is 0 Å². The van der Waals surface area contributed by atoms with Crippen molar-refractivity contribution < 1.29 is 4.79 Å². The van der Waals surface area contributed by atoms with Crippen molar-refractivity contribution in [2.45, 2.75) is 44.4 Å². The molecule has 1 saturated heterocycles. The maximum absolute atomic E-state index is 11.7. The standard InChI is InChI=1S/C11H22N2OS.ClH/c1-3-4-7-15-9(2)11(14)13-10-5-6-12-8-10;/h9-10,12H,3-8H2,1-2H3,(H,13,14);1H. The Balaban J connectivity index is 0.00000225. The molecule has 1 aliphatic rings. The molecule has 1 amide bonds. The molecule has 2 unspecified atom stereocenters. The van der Waals surface area contributed by atoms with Crippen molar-refractivity contribution in [3.8, 4) is 0 Å². The van der Waals surface area contributed by atoms with E-state index in [1.54, 1.807) is 11.8 Å². The fourth-order valence-corrected chi connectivity index (χ4v) is 2.60. The summed E-state index contributed by atoms with van der Waals surface area (Å²) in [5.41, 5.74) is 0. The van der Waals surface area contributed by atoms with Gasteiger partial charge in [0.05, 0.1) is 5.25 Å². The number of unbranched alkanes of at least 4 members (excludes halogenated alkanes) is 1. The van der Waals surface area contributed by atoms with Gasteiger partial charge in [0.15, 0.2) is 0 Å². The van der Waals surface area contributed by atoms with Crippen molar-refractivity contribution in [1.82, 2.24) is 10.6 Å². The zero-order valence-corrected chi connectivity index (χ0v) is 11.8. The summed E-state index contributed by atoms with van der Waals surface area (Å²) in [6.45, 7) is 6.13. The van der Waals surface area contributed by atoms with Crippen LogP contribution < -0.4 is 10.6 Å². The molecular formula is C11H23ClN2OS. The van der Waals surface area contributed by atoms with Gasteiger partial charge in [0.25, 0.3) is 0 Å². The maximum Gasteiger partial charge on any atom is 0.233 e. The number of hydrogen-bond acceptors (Lipinski definition) is 3. The molecule has 0 bridgehead atoms. The van der Waals surface area contributed by atoms with Crippen LogP contribution in [0.1, 0.15) is 33.1 Å². The van der Waals surface area contributed by atoms with Gasteiger partial charge < -0.3 is 10.6 Å². The van der Waals surface area contributed by atoms with Crippen LogP contribution in [0.25, 0.3) is 0 Å². The zero-order chi connectivity index (χ0) is 11.1. The molecule has 1 heterocycles. The first-order valence-corrected chi connectivity index (χ1v) is 6.91. The third kappa shape index (κ3) is 5.97. The minimum atomic E-state index is 0. The van der Waals surface area contributed by atoms with Crippen molar-refractivity contribution in [3.63, 3.8) is 0 Å². The second kappa shape index (κ2) is 9.14. The fourth-order valence-electron chi connectivity index (χ4n) is 1.58. The predicted molar refractivity (Wildman–Crippen MR) is 73.5 cm³/mol. The van der Waals surface area contributed by atoms with Crippen molar-refractivity contribution in [1.29, 1.82) is 0 Å². The molecule has 1 rings (SSSR count). The smallest absolute Gasteiger partial charge is 0.233 e. The largest absolute Gasteiger partial charge is 0.351 e. The van der Waals surface area contributed by atoms with E-state index in [4.69, 9.17) is 0 Å². The first kappa shape index (κ1) is 16.1. The summed E-state index contributed by atoms with van der Waals surface area (Å²) in [5.74, 6) is 1.29. The van der Waals surface area contributed by atoms with Crippen molar-refractivity contribution in [2.75, 3.05) is 18.8 Å². The van der Waals surface area contributed by atoms with Crippen LogP contribution in [0.15, 0.2) is 0 Å². The second-order valence-corrected chi connectivity index (χ2v) is 5.51. The average Bonchev–Trinajstić information content (AvgIpc) is 2.70. The first-order chi connectivity index (χ1) is 7.24. The fraction of sp³-hybridized carbons (Fsp3) is 0.909. The van der Waals surface area contributed by atoms with E-state index in [9.17, 15) is 4.79 Å². The minimum Gasteiger partial charge on any atom is -0.351 e. The number of thioether (sulfide) groups is 1. The van der Waals surface area contributed by atoms with E-state index >= 15 is 0 Å². The molecule has 0 aromatic heterocycles. The summed E-state index contributed by atoms with van der Waals surface area (Å²) in [5, 5.41) is 6.43. The SMILES string of the molecule is CCCCSC(C)C(=O)NC1CCNC1.Cl. The summed E-state index contributed by atoms with van der Waals surface area (Å²) in [6, 6.07) is 0.353. The van der Waals surface area contributed by atoms with E-state index in [1.807, 2.05) is 6.92 Å². The Bertz CT molecular complexity index is 198. The van der Waals surface area contributed by atoms with Gasteiger partial charge in [-0.2, -0.15) is 0 Å². The van der Waals surface area contributed by atoms with Crippen LogP contribution in [0.4, 0.5) is 0 Å². The number of rotatable bonds is 6. The summed E-state index contributed by atoms with van der Waals surface area (Å²) in [6.07, 6.45) is 3.47. The molecule has 1 aliphatic heterocycles. The number of carbonyl (C=O) groups is 1. The quantitative estimate of drug-likeness (QED) is 0.721. The summed E-state index contributed by atoms with van der Waals surface area (Å²) < 4.78 is 0. The van der Waals surface area contributed by atoms with Crippen LogP contribution in [0.5, 0.6) is 0 Å². The molecule has 0 spiro atoms. The molecule has 3 nitrogen and oxygen atoms in total. The first-order valence-electron chi connectivity index (χ1n) is 5.86. The van der Waals surface area contributed by atoms with E-state index in [2.05, 4.69) is 17.6 Å². The number of amides is 1. The Hall–Kier alpha value is 0.0700. The van der Waals surface area contributed by atoms with Gasteiger partial charge in [-0.1, -0.05) is 13.3 Å². The second-order valence-electron chi connectivity index (χ2n) is 4.06. The van der Waals surface area contributed by atoms with Gasteiger partial charge in [0, 0.05) is 12.6 Å². The van der Waals surface area contributed by atoms with Gasteiger partial charge in [0.1, 0.15) is 0 Å². The van der Waals surface area contributed by atoms with Crippen LogP contribution in [-0.2, 0) is 4.79 Å². The summed E-state index contributed by atoms with van der Waals surface area (Å²) >= 11 is 1.76. The molecule has 1 fully saturated rings. The maximum atomic E-state index is 11.7. The lowest BCUT2D eigenvalue weighted by molar-refractivity contribution is -0.120. The molecule has 5 heteroatoms. The molecule has 0 saturated carbocycles. The van der Waals surface area contributed by atoms with Gasteiger partial charge in [-0.3, -0.25) is 4.79 Å². The van der Waals surface area contributed by atoms with E-state index in [-0.39, 0.29) is 23.6 Å². The van der Waals surface area contributed by atoms with Gasteiger partial charge >= 0.3 is 0 Å². The zero-order valence-electron chi connectivity index (χ0n) is 10.1. The third-order valence-electron chi connectivity index (χ3n) is 2.64. The van der Waals surface area contributed by atoms with Crippen LogP contribution in [-0.4, -0.2) is 36.0 Å². The highest BCUT2D eigenvalue weighted by molar-refractivity contribution is 8.00. The average molecular weight is 267 g/mol. The molecule has 16 heavy (non-hydrogen) atoms. The number of nitrogens with one attached hydrogen (secondary N) is 2. The molecule has 2 N–H and O–H groups in total. The summed E-state index contributed by atoms with van der Waals surface area (Å²) in [7, 11) is 0. The highest BCUT2D eigenvalue weighted by Crippen LogP contribution is 2.13. The third-order valence-corrected chi connectivity index (χ3v) is 3.88. The number of halogens is 1. The highest BCUT2D eigenvalue weighted by Gasteiger charge is 2.20. The molecule has 2 atom stereocenters. The van der Waals surface area contributed by atoms with Crippen LogP contribution in [0, 0.1) is 0 Å².